The lowest BCUT2D eigenvalue weighted by Crippen LogP contribution is -2.05. The van der Waals surface area contributed by atoms with Gasteiger partial charge in [-0.05, 0) is 18.2 Å². The molecule has 5 heteroatoms. The normalized spacial score (nSPS) is 11.5. The Kier molecular flexibility index (Phi) is 2.71. The molecule has 0 saturated heterocycles. The van der Waals surface area contributed by atoms with Crippen LogP contribution in [0.15, 0.2) is 18.2 Å². The zero-order chi connectivity index (χ0) is 10.1. The second kappa shape index (κ2) is 3.46. The zero-order valence-electron chi connectivity index (χ0n) is 6.74. The first-order valence-electron chi connectivity index (χ1n) is 3.49. The zero-order valence-corrected chi connectivity index (χ0v) is 7.50. The molecular weight excluding hydrogens is 203 g/mol. The number of hydrogen-bond donors (Lipinski definition) is 1. The summed E-state index contributed by atoms with van der Waals surface area (Å²) < 4.78 is 36.6. The highest BCUT2D eigenvalue weighted by molar-refractivity contribution is 6.30. The smallest absolute Gasteiger partial charge is 0.388 e. The van der Waals surface area contributed by atoms with Crippen molar-refractivity contribution in [2.24, 2.45) is 0 Å². The van der Waals surface area contributed by atoms with Crippen molar-refractivity contribution in [2.75, 3.05) is 12.4 Å². The molecule has 13 heavy (non-hydrogen) atoms. The minimum Gasteiger partial charge on any atom is -0.388 e. The third-order valence-corrected chi connectivity index (χ3v) is 1.73. The molecule has 0 aliphatic rings. The molecule has 72 valence electrons. The molecule has 0 aromatic heterocycles. The van der Waals surface area contributed by atoms with Crippen molar-refractivity contribution in [3.05, 3.63) is 28.8 Å². The number of hydrogen-bond acceptors (Lipinski definition) is 1. The van der Waals surface area contributed by atoms with Crippen molar-refractivity contribution in [1.82, 2.24) is 0 Å². The van der Waals surface area contributed by atoms with Crippen LogP contribution in [0, 0.1) is 0 Å². The van der Waals surface area contributed by atoms with Gasteiger partial charge in [-0.3, -0.25) is 0 Å². The van der Waals surface area contributed by atoms with Crippen molar-refractivity contribution in [3.8, 4) is 0 Å². The van der Waals surface area contributed by atoms with E-state index in [1.54, 1.807) is 0 Å². The van der Waals surface area contributed by atoms with Gasteiger partial charge < -0.3 is 5.32 Å². The highest BCUT2D eigenvalue weighted by Crippen LogP contribution is 2.32. The van der Waals surface area contributed by atoms with Crippen LogP contribution < -0.4 is 5.32 Å². The van der Waals surface area contributed by atoms with Gasteiger partial charge in [-0.1, -0.05) is 11.6 Å². The van der Waals surface area contributed by atoms with Gasteiger partial charge in [0.2, 0.25) is 0 Å². The van der Waals surface area contributed by atoms with Crippen molar-refractivity contribution in [2.45, 2.75) is 6.18 Å². The molecule has 0 unspecified atom stereocenters. The van der Waals surface area contributed by atoms with Crippen molar-refractivity contribution >= 4 is 17.3 Å². The Labute approximate surface area is 78.5 Å². The lowest BCUT2D eigenvalue weighted by atomic mass is 10.2. The number of rotatable bonds is 1. The average molecular weight is 210 g/mol. The summed E-state index contributed by atoms with van der Waals surface area (Å²) in [5, 5.41) is 2.66. The van der Waals surface area contributed by atoms with Gasteiger partial charge in [-0.15, -0.1) is 0 Å². The molecule has 0 aliphatic carbocycles. The topological polar surface area (TPSA) is 12.0 Å². The second-order valence-electron chi connectivity index (χ2n) is 2.48. The van der Waals surface area contributed by atoms with E-state index in [-0.39, 0.29) is 5.02 Å². The molecule has 1 aromatic rings. The van der Waals surface area contributed by atoms with Gasteiger partial charge in [0.05, 0.1) is 5.56 Å². The summed E-state index contributed by atoms with van der Waals surface area (Å²) in [6.07, 6.45) is -4.35. The first kappa shape index (κ1) is 10.2. The van der Waals surface area contributed by atoms with E-state index < -0.39 is 11.7 Å². The van der Waals surface area contributed by atoms with E-state index in [0.717, 1.165) is 12.1 Å². The number of alkyl halides is 3. The Hall–Kier alpha value is -0.900. The Morgan fingerprint density at radius 1 is 1.23 bits per heavy atom. The molecule has 1 aromatic carbocycles. The van der Waals surface area contributed by atoms with Crippen LogP contribution in [0.25, 0.3) is 0 Å². The molecule has 1 N–H and O–H groups in total. The molecule has 0 heterocycles. The summed E-state index contributed by atoms with van der Waals surface area (Å²) in [6, 6.07) is 3.32. The highest BCUT2D eigenvalue weighted by atomic mass is 35.5. The fourth-order valence-corrected chi connectivity index (χ4v) is 1.13. The average Bonchev–Trinajstić information content (AvgIpc) is 2.01. The third-order valence-electron chi connectivity index (χ3n) is 1.51. The van der Waals surface area contributed by atoms with E-state index in [2.05, 4.69) is 5.32 Å². The molecular formula is C8H7ClF3N. The van der Waals surface area contributed by atoms with Crippen molar-refractivity contribution in [3.63, 3.8) is 0 Å². The van der Waals surface area contributed by atoms with E-state index in [0.29, 0.717) is 5.69 Å². The largest absolute Gasteiger partial charge is 0.416 e. The Balaban J connectivity index is 3.16. The number of benzene rings is 1. The van der Waals surface area contributed by atoms with Crippen LogP contribution in [-0.2, 0) is 6.18 Å². The van der Waals surface area contributed by atoms with Crippen LogP contribution in [0.4, 0.5) is 18.9 Å². The maximum absolute atomic E-state index is 12.2. The first-order chi connectivity index (χ1) is 5.93. The van der Waals surface area contributed by atoms with Gasteiger partial charge >= 0.3 is 6.18 Å². The molecule has 0 bridgehead atoms. The van der Waals surface area contributed by atoms with Gasteiger partial charge in [-0.2, -0.15) is 13.2 Å². The molecule has 0 atom stereocenters. The third kappa shape index (κ3) is 2.52. The van der Waals surface area contributed by atoms with E-state index in [1.165, 1.54) is 13.1 Å². The Bertz CT molecular complexity index is 309. The fraction of sp³-hybridized carbons (Fsp3) is 0.250. The van der Waals surface area contributed by atoms with Gasteiger partial charge in [0, 0.05) is 17.8 Å². The van der Waals surface area contributed by atoms with Gasteiger partial charge in [-0.25, -0.2) is 0 Å². The summed E-state index contributed by atoms with van der Waals surface area (Å²) in [6.45, 7) is 0. The molecule has 1 nitrogen and oxygen atoms in total. The van der Waals surface area contributed by atoms with Crippen LogP contribution in [0.1, 0.15) is 5.56 Å². The van der Waals surface area contributed by atoms with Crippen LogP contribution in [0.5, 0.6) is 0 Å². The molecule has 1 rings (SSSR count). The molecule has 0 amide bonds. The van der Waals surface area contributed by atoms with E-state index in [4.69, 9.17) is 11.6 Å². The molecule has 0 saturated carbocycles. The summed E-state index contributed by atoms with van der Waals surface area (Å²) >= 11 is 5.49. The maximum Gasteiger partial charge on any atom is 0.416 e. The lowest BCUT2D eigenvalue weighted by molar-refractivity contribution is -0.137. The predicted molar refractivity (Wildman–Crippen MR) is 46.0 cm³/mol. The van der Waals surface area contributed by atoms with Crippen LogP contribution in [0.3, 0.4) is 0 Å². The predicted octanol–water partition coefficient (Wildman–Crippen LogP) is 3.40. The fourth-order valence-electron chi connectivity index (χ4n) is 0.898. The summed E-state index contributed by atoms with van der Waals surface area (Å²) in [5.41, 5.74) is -0.399. The molecule has 0 fully saturated rings. The summed E-state index contributed by atoms with van der Waals surface area (Å²) in [5.74, 6) is 0. The number of nitrogens with one attached hydrogen (secondary N) is 1. The monoisotopic (exact) mass is 209 g/mol. The highest BCUT2D eigenvalue weighted by Gasteiger charge is 2.30. The summed E-state index contributed by atoms with van der Waals surface area (Å²) in [7, 11) is 1.53. The molecule has 0 spiro atoms. The first-order valence-corrected chi connectivity index (χ1v) is 3.87. The van der Waals surface area contributed by atoms with Gasteiger partial charge in [0.25, 0.3) is 0 Å². The number of halogens is 4. The SMILES string of the molecule is CNc1cc(Cl)cc(C(F)(F)F)c1. The van der Waals surface area contributed by atoms with Crippen LogP contribution >= 0.6 is 11.6 Å². The Morgan fingerprint density at radius 2 is 1.85 bits per heavy atom. The molecule has 0 radical (unpaired) electrons. The van der Waals surface area contributed by atoms with Gasteiger partial charge in [0.15, 0.2) is 0 Å². The quantitative estimate of drug-likeness (QED) is 0.748. The van der Waals surface area contributed by atoms with E-state index in [1.807, 2.05) is 0 Å². The Morgan fingerprint density at radius 3 is 2.31 bits per heavy atom. The minimum atomic E-state index is -4.35. The van der Waals surface area contributed by atoms with E-state index >= 15 is 0 Å². The maximum atomic E-state index is 12.2. The second-order valence-corrected chi connectivity index (χ2v) is 2.91. The van der Waals surface area contributed by atoms with E-state index in [9.17, 15) is 13.2 Å². The molecule has 0 aliphatic heterocycles. The minimum absolute atomic E-state index is 0.0687. The number of anilines is 1. The van der Waals surface area contributed by atoms with Crippen LogP contribution in [-0.4, -0.2) is 7.05 Å². The lowest BCUT2D eigenvalue weighted by Gasteiger charge is -2.09. The van der Waals surface area contributed by atoms with Crippen molar-refractivity contribution < 1.29 is 13.2 Å². The van der Waals surface area contributed by atoms with Crippen LogP contribution in [0.2, 0.25) is 5.02 Å². The standard InChI is InChI=1S/C8H7ClF3N/c1-13-7-3-5(8(10,11)12)2-6(9)4-7/h2-4,13H,1H3. The van der Waals surface area contributed by atoms with Gasteiger partial charge in [0.1, 0.15) is 0 Å². The summed E-state index contributed by atoms with van der Waals surface area (Å²) in [4.78, 5) is 0. The van der Waals surface area contributed by atoms with Crippen molar-refractivity contribution in [1.29, 1.82) is 0 Å².